The highest BCUT2D eigenvalue weighted by Gasteiger charge is 2.49. The van der Waals surface area contributed by atoms with E-state index >= 15 is 0 Å². The number of aromatic amines is 1. The second kappa shape index (κ2) is 4.44. The quantitative estimate of drug-likeness (QED) is 0.896. The van der Waals surface area contributed by atoms with E-state index in [1.807, 2.05) is 6.20 Å². The Hall–Kier alpha value is -1.63. The van der Waals surface area contributed by atoms with Crippen molar-refractivity contribution in [3.05, 3.63) is 27.7 Å². The Morgan fingerprint density at radius 1 is 1.20 bits per heavy atom. The van der Waals surface area contributed by atoms with E-state index in [9.17, 15) is 4.79 Å². The summed E-state index contributed by atoms with van der Waals surface area (Å²) in [5, 5.41) is 15.5. The van der Waals surface area contributed by atoms with Gasteiger partial charge in [0, 0.05) is 5.56 Å². The number of nitrogens with zero attached hydrogens (tertiary/aromatic N) is 2. The van der Waals surface area contributed by atoms with Crippen LogP contribution in [0.1, 0.15) is 49.1 Å². The van der Waals surface area contributed by atoms with Gasteiger partial charge in [0.05, 0.1) is 18.7 Å². The van der Waals surface area contributed by atoms with Gasteiger partial charge in [-0.15, -0.1) is 0 Å². The first-order valence-corrected chi connectivity index (χ1v) is 7.69. The number of hydrogen-bond donors (Lipinski definition) is 1. The normalized spacial score (nSPS) is 37.9. The molecule has 0 spiro atoms. The average Bonchev–Trinajstić information content (AvgIpc) is 2.41. The van der Waals surface area contributed by atoms with Crippen LogP contribution in [0.25, 0.3) is 0 Å². The molecular weight excluding hydrogens is 250 g/mol. The Balaban J connectivity index is 1.77. The molecule has 0 aliphatic heterocycles. The van der Waals surface area contributed by atoms with Gasteiger partial charge in [-0.2, -0.15) is 10.4 Å². The fraction of sp³-hybridized carbons (Fsp3) is 0.688. The van der Waals surface area contributed by atoms with Gasteiger partial charge in [0.2, 0.25) is 0 Å². The van der Waals surface area contributed by atoms with Crippen LogP contribution in [0.5, 0.6) is 0 Å². The third kappa shape index (κ3) is 1.72. The zero-order valence-corrected chi connectivity index (χ0v) is 11.5. The average molecular weight is 269 g/mol. The van der Waals surface area contributed by atoms with E-state index in [4.69, 9.17) is 5.26 Å². The molecule has 5 rings (SSSR count). The molecule has 1 N–H and O–H groups in total. The summed E-state index contributed by atoms with van der Waals surface area (Å²) < 4.78 is 0. The maximum absolute atomic E-state index is 12.0. The van der Waals surface area contributed by atoms with E-state index in [1.54, 1.807) is 0 Å². The summed E-state index contributed by atoms with van der Waals surface area (Å²) in [6, 6.07) is 2.14. The molecule has 1 aromatic heterocycles. The van der Waals surface area contributed by atoms with Crippen molar-refractivity contribution in [2.45, 2.75) is 44.4 Å². The van der Waals surface area contributed by atoms with Crippen molar-refractivity contribution in [3.8, 4) is 6.07 Å². The highest BCUT2D eigenvalue weighted by atomic mass is 16.1. The predicted molar refractivity (Wildman–Crippen MR) is 74.0 cm³/mol. The van der Waals surface area contributed by atoms with Gasteiger partial charge in [-0.3, -0.25) is 4.79 Å². The molecule has 0 radical (unpaired) electrons. The van der Waals surface area contributed by atoms with Crippen molar-refractivity contribution < 1.29 is 0 Å². The van der Waals surface area contributed by atoms with Gasteiger partial charge in [-0.25, -0.2) is 5.10 Å². The van der Waals surface area contributed by atoms with Crippen molar-refractivity contribution in [1.29, 1.82) is 5.26 Å². The van der Waals surface area contributed by atoms with Gasteiger partial charge < -0.3 is 0 Å². The van der Waals surface area contributed by atoms with Crippen LogP contribution >= 0.6 is 0 Å². The molecule has 1 heterocycles. The lowest BCUT2D eigenvalue weighted by molar-refractivity contribution is -0.00321. The van der Waals surface area contributed by atoms with Crippen molar-refractivity contribution >= 4 is 0 Å². The highest BCUT2D eigenvalue weighted by Crippen LogP contribution is 2.59. The number of aromatic nitrogens is 2. The summed E-state index contributed by atoms with van der Waals surface area (Å²) in [6.45, 7) is 0. The van der Waals surface area contributed by atoms with Gasteiger partial charge in [-0.1, -0.05) is 0 Å². The maximum Gasteiger partial charge on any atom is 0.268 e. The minimum Gasteiger partial charge on any atom is -0.268 e. The number of nitrogens with one attached hydrogen (secondary N) is 1. The Kier molecular flexibility index (Phi) is 2.70. The largest absolute Gasteiger partial charge is 0.268 e. The second-order valence-electron chi connectivity index (χ2n) is 6.92. The van der Waals surface area contributed by atoms with E-state index in [0.717, 1.165) is 17.4 Å². The smallest absolute Gasteiger partial charge is 0.268 e. The van der Waals surface area contributed by atoms with E-state index in [0.29, 0.717) is 23.3 Å². The SMILES string of the molecule is N#CCc1c(C2C3CC4CC(C3)CC2C4)cn[nH]c1=O. The molecule has 0 unspecified atom stereocenters. The van der Waals surface area contributed by atoms with E-state index in [1.165, 1.54) is 32.1 Å². The molecule has 104 valence electrons. The summed E-state index contributed by atoms with van der Waals surface area (Å²) in [4.78, 5) is 12.0. The Labute approximate surface area is 118 Å². The molecule has 0 atom stereocenters. The summed E-state index contributed by atoms with van der Waals surface area (Å²) in [5.74, 6) is 3.74. The first kappa shape index (κ1) is 12.1. The van der Waals surface area contributed by atoms with Crippen molar-refractivity contribution in [3.63, 3.8) is 0 Å². The van der Waals surface area contributed by atoms with Gasteiger partial charge in [0.25, 0.3) is 5.56 Å². The van der Waals surface area contributed by atoms with Crippen LogP contribution in [0.3, 0.4) is 0 Å². The number of nitriles is 1. The van der Waals surface area contributed by atoms with Gasteiger partial charge in [0.1, 0.15) is 0 Å². The number of H-pyrrole nitrogens is 1. The van der Waals surface area contributed by atoms with E-state index in [-0.39, 0.29) is 12.0 Å². The zero-order chi connectivity index (χ0) is 13.7. The van der Waals surface area contributed by atoms with E-state index < -0.39 is 0 Å². The lowest BCUT2D eigenvalue weighted by Gasteiger charge is -2.54. The molecule has 4 heteroatoms. The van der Waals surface area contributed by atoms with Gasteiger partial charge in [0.15, 0.2) is 0 Å². The Morgan fingerprint density at radius 3 is 2.45 bits per heavy atom. The zero-order valence-electron chi connectivity index (χ0n) is 11.5. The van der Waals surface area contributed by atoms with E-state index in [2.05, 4.69) is 16.3 Å². The van der Waals surface area contributed by atoms with Crippen LogP contribution in [0.4, 0.5) is 0 Å². The van der Waals surface area contributed by atoms with Crippen molar-refractivity contribution in [2.75, 3.05) is 0 Å². The summed E-state index contributed by atoms with van der Waals surface area (Å²) in [7, 11) is 0. The first-order valence-electron chi connectivity index (χ1n) is 7.69. The summed E-state index contributed by atoms with van der Waals surface area (Å²) in [5.41, 5.74) is 1.57. The Morgan fingerprint density at radius 2 is 1.85 bits per heavy atom. The van der Waals surface area contributed by atoms with Crippen LogP contribution < -0.4 is 5.56 Å². The highest BCUT2D eigenvalue weighted by molar-refractivity contribution is 5.30. The molecule has 0 amide bonds. The monoisotopic (exact) mass is 269 g/mol. The molecule has 4 nitrogen and oxygen atoms in total. The molecule has 4 saturated carbocycles. The lowest BCUT2D eigenvalue weighted by Crippen LogP contribution is -2.44. The van der Waals surface area contributed by atoms with Gasteiger partial charge >= 0.3 is 0 Å². The lowest BCUT2D eigenvalue weighted by atomic mass is 9.50. The molecule has 0 saturated heterocycles. The minimum absolute atomic E-state index is 0.169. The van der Waals surface area contributed by atoms with Crippen molar-refractivity contribution in [1.82, 2.24) is 10.2 Å². The van der Waals surface area contributed by atoms with Crippen LogP contribution in [0.15, 0.2) is 11.0 Å². The maximum atomic E-state index is 12.0. The van der Waals surface area contributed by atoms with Crippen LogP contribution in [0.2, 0.25) is 0 Å². The van der Waals surface area contributed by atoms with Crippen LogP contribution in [-0.4, -0.2) is 10.2 Å². The molecule has 20 heavy (non-hydrogen) atoms. The fourth-order valence-corrected chi connectivity index (χ4v) is 5.42. The molecule has 1 aromatic rings. The summed E-state index contributed by atoms with van der Waals surface area (Å²) >= 11 is 0. The van der Waals surface area contributed by atoms with Crippen molar-refractivity contribution in [2.24, 2.45) is 23.7 Å². The molecule has 4 aliphatic carbocycles. The first-order chi connectivity index (χ1) is 9.76. The molecule has 4 aliphatic rings. The number of hydrogen-bond acceptors (Lipinski definition) is 3. The minimum atomic E-state index is -0.169. The third-order valence-electron chi connectivity index (χ3n) is 5.83. The topological polar surface area (TPSA) is 69.5 Å². The van der Waals surface area contributed by atoms with Crippen LogP contribution in [0, 0.1) is 35.0 Å². The molecule has 4 fully saturated rings. The Bertz CT molecular complexity index is 599. The number of rotatable bonds is 2. The fourth-order valence-electron chi connectivity index (χ4n) is 5.42. The third-order valence-corrected chi connectivity index (χ3v) is 5.83. The van der Waals surface area contributed by atoms with Gasteiger partial charge in [-0.05, 0) is 67.3 Å². The second-order valence-corrected chi connectivity index (χ2v) is 6.92. The van der Waals surface area contributed by atoms with Crippen LogP contribution in [-0.2, 0) is 6.42 Å². The molecule has 4 bridgehead atoms. The predicted octanol–water partition coefficient (Wildman–Crippen LogP) is 2.38. The standard InChI is InChI=1S/C16H19N3O/c17-2-1-13-14(8-18-19-16(13)20)15-11-4-9-3-10(6-11)7-12(15)5-9/h8-12,15H,1,3-7H2,(H,19,20). The molecular formula is C16H19N3O. The summed E-state index contributed by atoms with van der Waals surface area (Å²) in [6.07, 6.45) is 8.72. The molecule has 0 aromatic carbocycles.